The fraction of sp³-hybridized carbons (Fsp3) is 0.444. The minimum absolute atomic E-state index is 0.220. The minimum Gasteiger partial charge on any atom is -0.402 e. The van der Waals surface area contributed by atoms with E-state index in [2.05, 4.69) is 5.32 Å². The van der Waals surface area contributed by atoms with Crippen LogP contribution < -0.4 is 16.8 Å². The Kier molecular flexibility index (Phi) is 9.03. The average molecular weight is 343 g/mol. The summed E-state index contributed by atoms with van der Waals surface area (Å²) < 4.78 is 37.4. The average Bonchev–Trinajstić information content (AvgIpc) is 2.53. The second-order valence-corrected chi connectivity index (χ2v) is 5.44. The number of hydrogen-bond acceptors (Lipinski definition) is 3. The van der Waals surface area contributed by atoms with Gasteiger partial charge in [0, 0.05) is 12.2 Å². The van der Waals surface area contributed by atoms with Crippen LogP contribution in [0.3, 0.4) is 0 Å². The highest BCUT2D eigenvalue weighted by atomic mass is 19.4. The summed E-state index contributed by atoms with van der Waals surface area (Å²) in [4.78, 5) is 0. The molecule has 0 atom stereocenters. The Morgan fingerprint density at radius 3 is 2.04 bits per heavy atom. The second kappa shape index (κ2) is 9.90. The van der Waals surface area contributed by atoms with Crippen LogP contribution in [0.25, 0.3) is 0 Å². The van der Waals surface area contributed by atoms with E-state index in [0.717, 1.165) is 23.4 Å². The Labute approximate surface area is 142 Å². The fourth-order valence-corrected chi connectivity index (χ4v) is 1.64. The molecule has 0 aliphatic rings. The summed E-state index contributed by atoms with van der Waals surface area (Å²) in [5.41, 5.74) is 13.3. The van der Waals surface area contributed by atoms with Crippen molar-refractivity contribution in [2.45, 2.75) is 47.3 Å². The maximum absolute atomic E-state index is 12.5. The summed E-state index contributed by atoms with van der Waals surface area (Å²) in [7, 11) is 0. The van der Waals surface area contributed by atoms with Crippen molar-refractivity contribution in [1.82, 2.24) is 5.32 Å². The summed E-state index contributed by atoms with van der Waals surface area (Å²) in [5.74, 6) is 0.668. The monoisotopic (exact) mass is 343 g/mol. The summed E-state index contributed by atoms with van der Waals surface area (Å²) >= 11 is 0. The number of benzene rings is 1. The van der Waals surface area contributed by atoms with Crippen LogP contribution in [-0.4, -0.2) is 0 Å². The number of alkyl halides is 3. The molecule has 3 nitrogen and oxygen atoms in total. The normalized spacial score (nSPS) is 13.1. The van der Waals surface area contributed by atoms with Crippen molar-refractivity contribution >= 4 is 0 Å². The van der Waals surface area contributed by atoms with E-state index in [1.807, 2.05) is 34.6 Å². The highest BCUT2D eigenvalue weighted by Crippen LogP contribution is 2.29. The highest BCUT2D eigenvalue weighted by molar-refractivity contribution is 5.27. The van der Waals surface area contributed by atoms with E-state index in [4.69, 9.17) is 11.5 Å². The SMILES string of the molecule is CC.CC(/C=C(\N)C(C)C)=C(/N)NCc1ccc(C(F)(F)F)cc1. The predicted octanol–water partition coefficient (Wildman–Crippen LogP) is 4.51. The van der Waals surface area contributed by atoms with E-state index in [1.165, 1.54) is 12.1 Å². The van der Waals surface area contributed by atoms with Crippen LogP contribution in [0, 0.1) is 5.92 Å². The van der Waals surface area contributed by atoms with Gasteiger partial charge in [-0.3, -0.25) is 0 Å². The Bertz CT molecular complexity index is 556. The number of nitrogens with two attached hydrogens (primary N) is 2. The molecule has 0 saturated carbocycles. The molecule has 1 aromatic carbocycles. The molecule has 1 rings (SSSR count). The number of hydrogen-bond donors (Lipinski definition) is 3. The van der Waals surface area contributed by atoms with Gasteiger partial charge in [0.2, 0.25) is 0 Å². The van der Waals surface area contributed by atoms with Crippen LogP contribution in [-0.2, 0) is 12.7 Å². The molecule has 0 heterocycles. The third kappa shape index (κ3) is 7.44. The first-order valence-electron chi connectivity index (χ1n) is 7.94. The number of allylic oxidation sites excluding steroid dienone is 3. The molecule has 0 spiro atoms. The smallest absolute Gasteiger partial charge is 0.402 e. The van der Waals surface area contributed by atoms with Gasteiger partial charge in [0.25, 0.3) is 0 Å². The zero-order valence-corrected chi connectivity index (χ0v) is 15.0. The van der Waals surface area contributed by atoms with Gasteiger partial charge in [0.15, 0.2) is 0 Å². The lowest BCUT2D eigenvalue weighted by atomic mass is 10.1. The van der Waals surface area contributed by atoms with Gasteiger partial charge in [0.05, 0.1) is 11.4 Å². The van der Waals surface area contributed by atoms with E-state index >= 15 is 0 Å². The van der Waals surface area contributed by atoms with Crippen LogP contribution >= 0.6 is 0 Å². The van der Waals surface area contributed by atoms with E-state index in [9.17, 15) is 13.2 Å². The molecule has 0 aliphatic carbocycles. The van der Waals surface area contributed by atoms with Crippen molar-refractivity contribution in [1.29, 1.82) is 0 Å². The Morgan fingerprint density at radius 2 is 1.62 bits per heavy atom. The summed E-state index contributed by atoms with van der Waals surface area (Å²) in [6.45, 7) is 10.1. The third-order valence-electron chi connectivity index (χ3n) is 3.24. The molecule has 0 aromatic heterocycles. The van der Waals surface area contributed by atoms with E-state index < -0.39 is 11.7 Å². The van der Waals surface area contributed by atoms with Gasteiger partial charge in [-0.1, -0.05) is 39.8 Å². The summed E-state index contributed by atoms with van der Waals surface area (Å²) in [5, 5.41) is 2.98. The molecular weight excluding hydrogens is 315 g/mol. The Balaban J connectivity index is 0.00000254. The first-order chi connectivity index (χ1) is 11.1. The summed E-state index contributed by atoms with van der Waals surface area (Å²) in [6.07, 6.45) is -2.53. The maximum Gasteiger partial charge on any atom is 0.416 e. The third-order valence-corrected chi connectivity index (χ3v) is 3.24. The standard InChI is InChI=1S/C16H22F3N3.C2H6/c1-10(2)14(20)8-11(3)15(21)22-9-12-4-6-13(7-5-12)16(17,18)19;1-2/h4-8,10,22H,9,20-21H2,1-3H3;1-2H3/b14-8-,15-11+;. The minimum atomic E-state index is -4.32. The van der Waals surface area contributed by atoms with Crippen molar-refractivity contribution in [3.8, 4) is 0 Å². The number of halogens is 3. The van der Waals surface area contributed by atoms with Crippen molar-refractivity contribution in [3.05, 3.63) is 58.6 Å². The van der Waals surface area contributed by atoms with E-state index in [1.54, 1.807) is 6.08 Å². The molecule has 24 heavy (non-hydrogen) atoms. The second-order valence-electron chi connectivity index (χ2n) is 5.44. The predicted molar refractivity (Wildman–Crippen MR) is 93.6 cm³/mol. The summed E-state index contributed by atoms with van der Waals surface area (Å²) in [6, 6.07) is 4.97. The van der Waals surface area contributed by atoms with Crippen molar-refractivity contribution < 1.29 is 13.2 Å². The molecule has 5 N–H and O–H groups in total. The fourth-order valence-electron chi connectivity index (χ4n) is 1.64. The van der Waals surface area contributed by atoms with Gasteiger partial charge in [-0.15, -0.1) is 0 Å². The molecule has 0 amide bonds. The lowest BCUT2D eigenvalue weighted by Gasteiger charge is -2.11. The molecule has 0 aliphatic heterocycles. The van der Waals surface area contributed by atoms with Crippen molar-refractivity contribution in [2.24, 2.45) is 17.4 Å². The van der Waals surface area contributed by atoms with Crippen molar-refractivity contribution in [2.75, 3.05) is 0 Å². The Morgan fingerprint density at radius 1 is 1.12 bits per heavy atom. The van der Waals surface area contributed by atoms with E-state index in [0.29, 0.717) is 17.9 Å². The Hall–Kier alpha value is -2.11. The van der Waals surface area contributed by atoms with Gasteiger partial charge in [0.1, 0.15) is 0 Å². The molecule has 0 bridgehead atoms. The van der Waals surface area contributed by atoms with Crippen LogP contribution in [0.15, 0.2) is 47.4 Å². The van der Waals surface area contributed by atoms with Crippen LogP contribution in [0.4, 0.5) is 13.2 Å². The van der Waals surface area contributed by atoms with Gasteiger partial charge in [-0.2, -0.15) is 13.2 Å². The van der Waals surface area contributed by atoms with Gasteiger partial charge in [-0.05, 0) is 42.2 Å². The lowest BCUT2D eigenvalue weighted by Crippen LogP contribution is -2.21. The quantitative estimate of drug-likeness (QED) is 0.689. The maximum atomic E-state index is 12.5. The van der Waals surface area contributed by atoms with E-state index in [-0.39, 0.29) is 5.92 Å². The van der Waals surface area contributed by atoms with Gasteiger partial charge < -0.3 is 16.8 Å². The molecule has 136 valence electrons. The molecule has 0 fully saturated rings. The molecule has 0 unspecified atom stereocenters. The van der Waals surface area contributed by atoms with Crippen molar-refractivity contribution in [3.63, 3.8) is 0 Å². The highest BCUT2D eigenvalue weighted by Gasteiger charge is 2.29. The zero-order chi connectivity index (χ0) is 18.9. The molecule has 0 saturated heterocycles. The molecule has 1 aromatic rings. The first-order valence-corrected chi connectivity index (χ1v) is 7.94. The zero-order valence-electron chi connectivity index (χ0n) is 15.0. The number of rotatable bonds is 5. The van der Waals surface area contributed by atoms with Crippen LogP contribution in [0.5, 0.6) is 0 Å². The molecular formula is C18H28F3N3. The largest absolute Gasteiger partial charge is 0.416 e. The molecule has 6 heteroatoms. The first kappa shape index (κ1) is 21.9. The lowest BCUT2D eigenvalue weighted by molar-refractivity contribution is -0.137. The number of nitrogens with one attached hydrogen (secondary N) is 1. The van der Waals surface area contributed by atoms with Gasteiger partial charge in [-0.25, -0.2) is 0 Å². The molecule has 0 radical (unpaired) electrons. The topological polar surface area (TPSA) is 64.1 Å². The van der Waals surface area contributed by atoms with Crippen LogP contribution in [0.1, 0.15) is 45.7 Å². The van der Waals surface area contributed by atoms with Crippen LogP contribution in [0.2, 0.25) is 0 Å². The van der Waals surface area contributed by atoms with Gasteiger partial charge >= 0.3 is 6.18 Å².